The molecule has 0 saturated carbocycles. The lowest BCUT2D eigenvalue weighted by atomic mass is 10.2. The average Bonchev–Trinajstić information content (AvgIpc) is 3.19. The van der Waals surface area contributed by atoms with Crippen LogP contribution in [0.2, 0.25) is 10.0 Å². The summed E-state index contributed by atoms with van der Waals surface area (Å²) < 4.78 is 2.53. The van der Waals surface area contributed by atoms with E-state index in [0.717, 1.165) is 15.4 Å². The molecule has 1 unspecified atom stereocenters. The number of nitrogens with zero attached hydrogens (tertiary/aromatic N) is 1. The Bertz CT molecular complexity index is 1110. The molecule has 144 valence electrons. The first-order valence-corrected chi connectivity index (χ1v) is 9.41. The van der Waals surface area contributed by atoms with Crippen LogP contribution in [-0.2, 0) is 9.63 Å². The Balaban J connectivity index is 1.69. The summed E-state index contributed by atoms with van der Waals surface area (Å²) in [6, 6.07) is 8.01. The number of amides is 2. The molecule has 1 aliphatic heterocycles. The van der Waals surface area contributed by atoms with Crippen molar-refractivity contribution in [3.05, 3.63) is 51.0 Å². The molecule has 0 bridgehead atoms. The molecule has 4 rings (SSSR count). The highest BCUT2D eigenvalue weighted by Crippen LogP contribution is 2.38. The van der Waals surface area contributed by atoms with E-state index in [1.807, 2.05) is 0 Å². The zero-order valence-electron chi connectivity index (χ0n) is 13.8. The minimum Gasteiger partial charge on any atom is -0.508 e. The van der Waals surface area contributed by atoms with Gasteiger partial charge in [-0.2, -0.15) is 0 Å². The Hall–Kier alpha value is -2.46. The van der Waals surface area contributed by atoms with Gasteiger partial charge < -0.3 is 19.8 Å². The Morgan fingerprint density at radius 1 is 1.25 bits per heavy atom. The minimum atomic E-state index is -1.03. The number of hydrogen-bond donors (Lipinski definition) is 4. The van der Waals surface area contributed by atoms with Crippen LogP contribution in [0.15, 0.2) is 41.0 Å². The number of rotatable bonds is 3. The molecule has 11 heteroatoms. The molecule has 2 heterocycles. The molecule has 2 amide bonds. The number of nitrogens with one attached hydrogen (secondary N) is 3. The van der Waals surface area contributed by atoms with Crippen LogP contribution in [0.4, 0.5) is 10.5 Å². The number of carbonyl (C=O) groups excluding carboxylic acids is 2. The second-order valence-corrected chi connectivity index (χ2v) is 7.58. The summed E-state index contributed by atoms with van der Waals surface area (Å²) in [6.45, 7) is 0. The van der Waals surface area contributed by atoms with Crippen LogP contribution in [0, 0.1) is 0 Å². The lowest BCUT2D eigenvalue weighted by Gasteiger charge is -2.14. The first kappa shape index (κ1) is 18.9. The highest BCUT2D eigenvalue weighted by Gasteiger charge is 2.29. The lowest BCUT2D eigenvalue weighted by molar-refractivity contribution is -0.119. The number of phenols is 1. The van der Waals surface area contributed by atoms with Gasteiger partial charge in [-0.3, -0.25) is 10.1 Å². The number of benzene rings is 2. The van der Waals surface area contributed by atoms with Crippen molar-refractivity contribution in [2.75, 3.05) is 5.32 Å². The summed E-state index contributed by atoms with van der Waals surface area (Å²) in [4.78, 5) is 27.6. The summed E-state index contributed by atoms with van der Waals surface area (Å²) >= 11 is 16.3. The number of phenolic OH excluding ortho intramolecular Hbond substituents is 1. The van der Waals surface area contributed by atoms with Crippen LogP contribution in [-0.4, -0.2) is 27.8 Å². The van der Waals surface area contributed by atoms with Gasteiger partial charge in [0.05, 0.1) is 21.2 Å². The Labute approximate surface area is 176 Å². The second-order valence-electron chi connectivity index (χ2n) is 5.91. The quantitative estimate of drug-likeness (QED) is 0.450. The Morgan fingerprint density at radius 3 is 2.61 bits per heavy atom. The molecule has 3 aromatic rings. The van der Waals surface area contributed by atoms with E-state index in [2.05, 4.69) is 36.9 Å². The number of hydrogen-bond acceptors (Lipinski definition) is 5. The lowest BCUT2D eigenvalue weighted by Crippen LogP contribution is -2.43. The number of anilines is 1. The Morgan fingerprint density at radius 2 is 1.96 bits per heavy atom. The number of aromatic nitrogens is 1. The molecule has 1 aliphatic rings. The van der Waals surface area contributed by atoms with Crippen LogP contribution < -0.4 is 16.1 Å². The van der Waals surface area contributed by atoms with E-state index in [1.165, 1.54) is 0 Å². The van der Waals surface area contributed by atoms with Gasteiger partial charge >= 0.3 is 6.09 Å². The van der Waals surface area contributed by atoms with Crippen LogP contribution in [0.1, 0.15) is 0 Å². The molecule has 28 heavy (non-hydrogen) atoms. The maximum atomic E-state index is 12.2. The van der Waals surface area contributed by atoms with Crippen molar-refractivity contribution in [3.8, 4) is 11.4 Å². The van der Waals surface area contributed by atoms with E-state index < -0.39 is 18.2 Å². The fourth-order valence-corrected chi connectivity index (χ4v) is 4.04. The van der Waals surface area contributed by atoms with Crippen molar-refractivity contribution in [2.45, 2.75) is 6.17 Å². The Kier molecular flexibility index (Phi) is 4.84. The van der Waals surface area contributed by atoms with E-state index in [9.17, 15) is 14.7 Å². The molecule has 0 spiro atoms. The summed E-state index contributed by atoms with van der Waals surface area (Å²) in [7, 11) is 0. The molecule has 4 N–H and O–H groups in total. The molecule has 8 nitrogen and oxygen atoms in total. The molecule has 2 aromatic carbocycles. The van der Waals surface area contributed by atoms with E-state index in [0.29, 0.717) is 21.4 Å². The van der Waals surface area contributed by atoms with E-state index in [4.69, 9.17) is 23.2 Å². The SMILES string of the molecule is O=C1NC(C(=O)Nc2cc(Cl)c(-n3cc(Br)c4cc(O)ccc43)c(Cl)c2)NO1. The smallest absolute Gasteiger partial charge is 0.427 e. The molecular formula is C17H11BrCl2N4O4. The van der Waals surface area contributed by atoms with Gasteiger partial charge in [0, 0.05) is 21.7 Å². The third-order valence-electron chi connectivity index (χ3n) is 4.06. The van der Waals surface area contributed by atoms with E-state index >= 15 is 0 Å². The first-order chi connectivity index (χ1) is 13.3. The van der Waals surface area contributed by atoms with Crippen LogP contribution >= 0.6 is 39.1 Å². The molecule has 0 aliphatic carbocycles. The zero-order chi connectivity index (χ0) is 20.0. The van der Waals surface area contributed by atoms with E-state index in [1.54, 1.807) is 41.1 Å². The molecule has 1 atom stereocenters. The fraction of sp³-hybridized carbons (Fsp3) is 0.0588. The molecule has 1 fully saturated rings. The van der Waals surface area contributed by atoms with E-state index in [-0.39, 0.29) is 5.75 Å². The molecule has 1 saturated heterocycles. The molecular weight excluding hydrogens is 475 g/mol. The summed E-state index contributed by atoms with van der Waals surface area (Å²) in [5, 5.41) is 16.0. The van der Waals surface area contributed by atoms with Gasteiger partial charge in [0.25, 0.3) is 5.91 Å². The van der Waals surface area contributed by atoms with Gasteiger partial charge in [0.1, 0.15) is 5.75 Å². The first-order valence-electron chi connectivity index (χ1n) is 7.86. The number of halogens is 3. The van der Waals surface area contributed by atoms with Crippen LogP contribution in [0.5, 0.6) is 5.75 Å². The standard InChI is InChI=1S/C17H11BrCl2N4O4/c18-10-6-24(13-2-1-8(25)5-9(10)13)14-11(19)3-7(4-12(14)20)21-16(26)15-22-17(27)28-23-15/h1-6,15,23,25H,(H,21,26)(H,22,27). The number of hydroxylamine groups is 1. The van der Waals surface area contributed by atoms with Crippen molar-refractivity contribution in [1.29, 1.82) is 0 Å². The normalized spacial score (nSPS) is 16.1. The predicted octanol–water partition coefficient (Wildman–Crippen LogP) is 3.91. The third-order valence-corrected chi connectivity index (χ3v) is 5.27. The summed E-state index contributed by atoms with van der Waals surface area (Å²) in [5.74, 6) is -0.409. The maximum absolute atomic E-state index is 12.2. The highest BCUT2D eigenvalue weighted by atomic mass is 79.9. The van der Waals surface area contributed by atoms with Gasteiger partial charge in [-0.25, -0.2) is 4.79 Å². The van der Waals surface area contributed by atoms with Crippen LogP contribution in [0.25, 0.3) is 16.6 Å². The predicted molar refractivity (Wildman–Crippen MR) is 108 cm³/mol. The summed E-state index contributed by atoms with van der Waals surface area (Å²) in [5.41, 5.74) is 3.89. The number of aromatic hydroxyl groups is 1. The topological polar surface area (TPSA) is 105 Å². The summed E-state index contributed by atoms with van der Waals surface area (Å²) in [6.07, 6.45) is 0.00882. The average molecular weight is 486 g/mol. The van der Waals surface area contributed by atoms with Crippen molar-refractivity contribution >= 4 is 67.7 Å². The zero-order valence-corrected chi connectivity index (χ0v) is 16.9. The van der Waals surface area contributed by atoms with Crippen LogP contribution in [0.3, 0.4) is 0 Å². The van der Waals surface area contributed by atoms with Crippen molar-refractivity contribution in [1.82, 2.24) is 15.4 Å². The van der Waals surface area contributed by atoms with Gasteiger partial charge in [-0.15, -0.1) is 5.48 Å². The number of fused-ring (bicyclic) bond motifs is 1. The maximum Gasteiger partial charge on any atom is 0.427 e. The second kappa shape index (κ2) is 7.17. The minimum absolute atomic E-state index is 0.137. The van der Waals surface area contributed by atoms with Gasteiger partial charge in [0.2, 0.25) is 0 Å². The largest absolute Gasteiger partial charge is 0.508 e. The van der Waals surface area contributed by atoms with Gasteiger partial charge in [0.15, 0.2) is 6.17 Å². The monoisotopic (exact) mass is 484 g/mol. The molecule has 0 radical (unpaired) electrons. The van der Waals surface area contributed by atoms with Crippen molar-refractivity contribution < 1.29 is 19.5 Å². The fourth-order valence-electron chi connectivity index (χ4n) is 2.85. The highest BCUT2D eigenvalue weighted by molar-refractivity contribution is 9.10. The molecule has 1 aromatic heterocycles. The van der Waals surface area contributed by atoms with Crippen molar-refractivity contribution in [3.63, 3.8) is 0 Å². The number of carbonyl (C=O) groups is 2. The third kappa shape index (κ3) is 3.37. The van der Waals surface area contributed by atoms with Crippen molar-refractivity contribution in [2.24, 2.45) is 0 Å². The van der Waals surface area contributed by atoms with Gasteiger partial charge in [-0.05, 0) is 46.3 Å². The van der Waals surface area contributed by atoms with Gasteiger partial charge in [-0.1, -0.05) is 23.2 Å².